The number of aromatic hydroxyl groups is 1. The molecule has 0 atom stereocenters. The predicted octanol–water partition coefficient (Wildman–Crippen LogP) is 1.57. The maximum Gasteiger partial charge on any atom is 0.251 e. The Balaban J connectivity index is 1.74. The third kappa shape index (κ3) is 3.47. The molecule has 18 heavy (non-hydrogen) atoms. The molecule has 3 N–H and O–H groups in total. The molecule has 0 radical (unpaired) electrons. The number of hydrogen-bond acceptors (Lipinski definition) is 3. The first-order valence-electron chi connectivity index (χ1n) is 6.48. The van der Waals surface area contributed by atoms with Gasteiger partial charge in [-0.15, -0.1) is 0 Å². The van der Waals surface area contributed by atoms with Crippen molar-refractivity contribution in [3.8, 4) is 5.75 Å². The van der Waals surface area contributed by atoms with Crippen LogP contribution in [0.5, 0.6) is 5.75 Å². The van der Waals surface area contributed by atoms with Crippen molar-refractivity contribution in [2.24, 2.45) is 0 Å². The summed E-state index contributed by atoms with van der Waals surface area (Å²) < 4.78 is 0. The Morgan fingerprint density at radius 3 is 2.89 bits per heavy atom. The highest BCUT2D eigenvalue weighted by Gasteiger charge is 2.19. The number of hydrogen-bond donors (Lipinski definition) is 3. The van der Waals surface area contributed by atoms with Crippen molar-refractivity contribution in [3.05, 3.63) is 29.3 Å². The van der Waals surface area contributed by atoms with Gasteiger partial charge in [0.05, 0.1) is 0 Å². The van der Waals surface area contributed by atoms with E-state index in [0.29, 0.717) is 23.7 Å². The molecule has 0 aliphatic heterocycles. The maximum atomic E-state index is 11.9. The van der Waals surface area contributed by atoms with Gasteiger partial charge in [0.15, 0.2) is 0 Å². The maximum absolute atomic E-state index is 11.9. The van der Waals surface area contributed by atoms with Crippen LogP contribution in [0.3, 0.4) is 0 Å². The van der Waals surface area contributed by atoms with E-state index < -0.39 is 0 Å². The molecule has 1 fully saturated rings. The van der Waals surface area contributed by atoms with Crippen LogP contribution in [0.4, 0.5) is 0 Å². The summed E-state index contributed by atoms with van der Waals surface area (Å²) in [6, 6.07) is 5.72. The Labute approximate surface area is 107 Å². The molecule has 0 spiro atoms. The second-order valence-corrected chi connectivity index (χ2v) is 4.79. The standard InChI is InChI=1S/C14H20N2O2/c1-10-12(4-2-5-13(10)17)14(18)16-9-3-8-15-11-6-7-11/h2,4-5,11,15,17H,3,6-9H2,1H3,(H,16,18). The predicted molar refractivity (Wildman–Crippen MR) is 70.8 cm³/mol. The Morgan fingerprint density at radius 2 is 2.17 bits per heavy atom. The summed E-state index contributed by atoms with van der Waals surface area (Å²) in [5.74, 6) is 0.0490. The fourth-order valence-electron chi connectivity index (χ4n) is 1.85. The van der Waals surface area contributed by atoms with Crippen LogP contribution in [0.15, 0.2) is 18.2 Å². The number of phenolic OH excluding ortho intramolecular Hbond substituents is 1. The lowest BCUT2D eigenvalue weighted by Gasteiger charge is -2.09. The van der Waals surface area contributed by atoms with Crippen LogP contribution in [0.2, 0.25) is 0 Å². The molecule has 1 aromatic rings. The Morgan fingerprint density at radius 1 is 1.39 bits per heavy atom. The molecule has 1 aliphatic carbocycles. The number of amides is 1. The summed E-state index contributed by atoms with van der Waals surface area (Å²) in [4.78, 5) is 11.9. The topological polar surface area (TPSA) is 61.4 Å². The van der Waals surface area contributed by atoms with Gasteiger partial charge in [-0.25, -0.2) is 0 Å². The van der Waals surface area contributed by atoms with Crippen molar-refractivity contribution in [2.45, 2.75) is 32.2 Å². The zero-order valence-corrected chi connectivity index (χ0v) is 10.7. The highest BCUT2D eigenvalue weighted by molar-refractivity contribution is 5.96. The molecule has 2 rings (SSSR count). The van der Waals surface area contributed by atoms with E-state index in [1.165, 1.54) is 12.8 Å². The van der Waals surface area contributed by atoms with E-state index >= 15 is 0 Å². The van der Waals surface area contributed by atoms with E-state index in [4.69, 9.17) is 0 Å². The zero-order valence-electron chi connectivity index (χ0n) is 10.7. The molecule has 0 saturated heterocycles. The Kier molecular flexibility index (Phi) is 4.20. The molecule has 0 heterocycles. The molecule has 1 amide bonds. The van der Waals surface area contributed by atoms with E-state index in [1.807, 2.05) is 0 Å². The highest BCUT2D eigenvalue weighted by atomic mass is 16.3. The molecule has 98 valence electrons. The molecule has 1 aromatic carbocycles. The summed E-state index contributed by atoms with van der Waals surface area (Å²) in [5, 5.41) is 15.8. The van der Waals surface area contributed by atoms with E-state index in [9.17, 15) is 9.90 Å². The van der Waals surface area contributed by atoms with Gasteiger partial charge in [-0.05, 0) is 44.9 Å². The van der Waals surface area contributed by atoms with E-state index in [2.05, 4.69) is 10.6 Å². The molecule has 0 unspecified atom stereocenters. The number of rotatable bonds is 6. The Bertz CT molecular complexity index is 428. The fourth-order valence-corrected chi connectivity index (χ4v) is 1.85. The van der Waals surface area contributed by atoms with Crippen LogP contribution in [0.25, 0.3) is 0 Å². The normalized spacial score (nSPS) is 14.5. The second kappa shape index (κ2) is 5.87. The van der Waals surface area contributed by atoms with E-state index in [0.717, 1.165) is 13.0 Å². The van der Waals surface area contributed by atoms with Crippen LogP contribution in [-0.2, 0) is 0 Å². The third-order valence-corrected chi connectivity index (χ3v) is 3.20. The van der Waals surface area contributed by atoms with Crippen molar-refractivity contribution >= 4 is 5.91 Å². The largest absolute Gasteiger partial charge is 0.508 e. The average molecular weight is 248 g/mol. The van der Waals surface area contributed by atoms with E-state index in [-0.39, 0.29) is 11.7 Å². The van der Waals surface area contributed by atoms with Crippen molar-refractivity contribution in [1.82, 2.24) is 10.6 Å². The van der Waals surface area contributed by atoms with Crippen molar-refractivity contribution < 1.29 is 9.90 Å². The van der Waals surface area contributed by atoms with Gasteiger partial charge in [-0.1, -0.05) is 6.07 Å². The quantitative estimate of drug-likeness (QED) is 0.670. The van der Waals surface area contributed by atoms with Crippen molar-refractivity contribution in [1.29, 1.82) is 0 Å². The summed E-state index contributed by atoms with van der Waals surface area (Å²) in [7, 11) is 0. The molecular formula is C14H20N2O2. The SMILES string of the molecule is Cc1c(O)cccc1C(=O)NCCCNC1CC1. The number of nitrogens with one attached hydrogen (secondary N) is 2. The summed E-state index contributed by atoms with van der Waals surface area (Å²) >= 11 is 0. The first-order valence-corrected chi connectivity index (χ1v) is 6.48. The van der Waals surface area contributed by atoms with Gasteiger partial charge in [-0.3, -0.25) is 4.79 Å². The van der Waals surface area contributed by atoms with Crippen LogP contribution >= 0.6 is 0 Å². The van der Waals surface area contributed by atoms with Crippen LogP contribution < -0.4 is 10.6 Å². The minimum absolute atomic E-state index is 0.116. The van der Waals surface area contributed by atoms with E-state index in [1.54, 1.807) is 25.1 Å². The minimum Gasteiger partial charge on any atom is -0.508 e. The van der Waals surface area contributed by atoms with Gasteiger partial charge in [0, 0.05) is 23.7 Å². The van der Waals surface area contributed by atoms with Gasteiger partial charge in [-0.2, -0.15) is 0 Å². The third-order valence-electron chi connectivity index (χ3n) is 3.20. The van der Waals surface area contributed by atoms with Crippen LogP contribution in [0, 0.1) is 6.92 Å². The molecule has 4 nitrogen and oxygen atoms in total. The smallest absolute Gasteiger partial charge is 0.251 e. The lowest BCUT2D eigenvalue weighted by molar-refractivity contribution is 0.0952. The molecule has 4 heteroatoms. The molecule has 0 aromatic heterocycles. The number of phenols is 1. The zero-order chi connectivity index (χ0) is 13.0. The van der Waals surface area contributed by atoms with Gasteiger partial charge in [0.25, 0.3) is 5.91 Å². The lowest BCUT2D eigenvalue weighted by Crippen LogP contribution is -2.28. The summed E-state index contributed by atoms with van der Waals surface area (Å²) in [6.07, 6.45) is 3.50. The fraction of sp³-hybridized carbons (Fsp3) is 0.500. The van der Waals surface area contributed by atoms with Crippen molar-refractivity contribution in [2.75, 3.05) is 13.1 Å². The van der Waals surface area contributed by atoms with Crippen LogP contribution in [-0.4, -0.2) is 30.1 Å². The summed E-state index contributed by atoms with van der Waals surface area (Å²) in [6.45, 7) is 3.36. The number of benzene rings is 1. The van der Waals surface area contributed by atoms with Crippen LogP contribution in [0.1, 0.15) is 35.2 Å². The van der Waals surface area contributed by atoms with Gasteiger partial charge in [0.1, 0.15) is 5.75 Å². The Hall–Kier alpha value is -1.55. The van der Waals surface area contributed by atoms with Crippen molar-refractivity contribution in [3.63, 3.8) is 0 Å². The lowest BCUT2D eigenvalue weighted by atomic mass is 10.1. The molecular weight excluding hydrogens is 228 g/mol. The molecule has 1 saturated carbocycles. The monoisotopic (exact) mass is 248 g/mol. The first kappa shape index (κ1) is 12.9. The second-order valence-electron chi connectivity index (χ2n) is 4.79. The van der Waals surface area contributed by atoms with Gasteiger partial charge in [0.2, 0.25) is 0 Å². The van der Waals surface area contributed by atoms with Gasteiger partial charge < -0.3 is 15.7 Å². The number of carbonyl (C=O) groups is 1. The molecule has 0 bridgehead atoms. The average Bonchev–Trinajstić information content (AvgIpc) is 3.16. The minimum atomic E-state index is -0.116. The molecule has 1 aliphatic rings. The first-order chi connectivity index (χ1) is 8.68. The number of carbonyl (C=O) groups excluding carboxylic acids is 1. The van der Waals surface area contributed by atoms with Gasteiger partial charge >= 0.3 is 0 Å². The highest BCUT2D eigenvalue weighted by Crippen LogP contribution is 2.19. The summed E-state index contributed by atoms with van der Waals surface area (Å²) in [5.41, 5.74) is 1.18.